The molecule has 0 fully saturated rings. The van der Waals surface area contributed by atoms with E-state index in [4.69, 9.17) is 0 Å². The second-order valence-corrected chi connectivity index (χ2v) is 15.3. The first-order valence-electron chi connectivity index (χ1n) is 20.3. The van der Waals surface area contributed by atoms with E-state index >= 15 is 0 Å². The molecule has 0 unspecified atom stereocenters. The maximum Gasteiger partial charge on any atom is 0.0641 e. The maximum atomic E-state index is 2.48. The van der Waals surface area contributed by atoms with E-state index in [1.54, 1.807) is 0 Å². The minimum Gasteiger partial charge on any atom is -0.309 e. The zero-order valence-corrected chi connectivity index (χ0v) is 32.2. The summed E-state index contributed by atoms with van der Waals surface area (Å²) < 4.78 is 4.87. The highest BCUT2D eigenvalue weighted by Gasteiger charge is 2.31. The van der Waals surface area contributed by atoms with Crippen LogP contribution < -0.4 is 4.90 Å². The molecule has 11 aromatic rings. The highest BCUT2D eigenvalue weighted by molar-refractivity contribution is 6.13. The molecule has 9 aromatic carbocycles. The molecular weight excluding hydrogens is 715 g/mol. The number of aromatic nitrogens is 2. The third-order valence-corrected chi connectivity index (χ3v) is 12.0. The lowest BCUT2D eigenvalue weighted by Crippen LogP contribution is -2.11. The van der Waals surface area contributed by atoms with E-state index < -0.39 is 0 Å². The molecule has 0 saturated heterocycles. The number of anilines is 3. The largest absolute Gasteiger partial charge is 0.309 e. The molecule has 0 radical (unpaired) electrons. The molecule has 3 heterocycles. The Hall–Kier alpha value is -7.88. The molecular formula is C56H37N3. The van der Waals surface area contributed by atoms with Crippen molar-refractivity contribution in [1.29, 1.82) is 0 Å². The van der Waals surface area contributed by atoms with E-state index in [9.17, 15) is 0 Å². The monoisotopic (exact) mass is 751 g/mol. The first-order valence-corrected chi connectivity index (χ1v) is 20.3. The van der Waals surface area contributed by atoms with Gasteiger partial charge in [-0.25, -0.2) is 0 Å². The molecule has 0 aliphatic carbocycles. The van der Waals surface area contributed by atoms with Crippen molar-refractivity contribution in [1.82, 2.24) is 9.13 Å². The van der Waals surface area contributed by atoms with Gasteiger partial charge in [-0.1, -0.05) is 152 Å². The van der Waals surface area contributed by atoms with Gasteiger partial charge in [0.1, 0.15) is 0 Å². The molecule has 1 aliphatic heterocycles. The van der Waals surface area contributed by atoms with Gasteiger partial charge >= 0.3 is 0 Å². The molecule has 0 bridgehead atoms. The Morgan fingerprint density at radius 1 is 0.271 bits per heavy atom. The minimum atomic E-state index is 1.12. The van der Waals surface area contributed by atoms with Gasteiger partial charge in [0.25, 0.3) is 0 Å². The summed E-state index contributed by atoms with van der Waals surface area (Å²) in [5, 5.41) is 3.77. The molecule has 12 rings (SSSR count). The lowest BCUT2D eigenvalue weighted by Gasteiger charge is -2.27. The van der Waals surface area contributed by atoms with E-state index in [0.717, 1.165) is 22.7 Å². The summed E-state index contributed by atoms with van der Waals surface area (Å²) in [6.07, 6.45) is 0. The number of fused-ring (bicyclic) bond motifs is 10. The normalized spacial score (nSPS) is 12.0. The molecule has 3 nitrogen and oxygen atoms in total. The quantitative estimate of drug-likeness (QED) is 0.171. The fourth-order valence-corrected chi connectivity index (χ4v) is 9.50. The van der Waals surface area contributed by atoms with Gasteiger partial charge in [-0.15, -0.1) is 0 Å². The molecule has 1 aliphatic rings. The van der Waals surface area contributed by atoms with Crippen molar-refractivity contribution >= 4 is 49.8 Å². The van der Waals surface area contributed by atoms with Gasteiger partial charge in [0.05, 0.1) is 33.6 Å². The van der Waals surface area contributed by atoms with Crippen LogP contribution in [0.5, 0.6) is 0 Å². The third kappa shape index (κ3) is 5.22. The Morgan fingerprint density at radius 2 is 0.695 bits per heavy atom. The minimum absolute atomic E-state index is 1.12. The van der Waals surface area contributed by atoms with Gasteiger partial charge in [-0.05, 0) is 95.1 Å². The summed E-state index contributed by atoms with van der Waals surface area (Å²) in [5.74, 6) is 0. The summed E-state index contributed by atoms with van der Waals surface area (Å²) in [4.78, 5) is 2.42. The van der Waals surface area contributed by atoms with Crippen molar-refractivity contribution in [3.05, 3.63) is 224 Å². The number of benzene rings is 9. The van der Waals surface area contributed by atoms with Crippen LogP contribution in [0.25, 0.3) is 88.7 Å². The average molecular weight is 752 g/mol. The Balaban J connectivity index is 1.01. The molecule has 59 heavy (non-hydrogen) atoms. The lowest BCUT2D eigenvalue weighted by molar-refractivity contribution is 1.13. The highest BCUT2D eigenvalue weighted by atomic mass is 15.2. The number of rotatable bonds is 5. The van der Waals surface area contributed by atoms with E-state index in [1.807, 2.05) is 0 Å². The summed E-state index contributed by atoms with van der Waals surface area (Å²) in [6, 6.07) is 81.7. The van der Waals surface area contributed by atoms with E-state index in [1.165, 1.54) is 83.0 Å². The van der Waals surface area contributed by atoms with E-state index in [2.05, 4.69) is 238 Å². The van der Waals surface area contributed by atoms with Crippen molar-refractivity contribution in [3.8, 4) is 56.0 Å². The number of para-hydroxylation sites is 6. The Morgan fingerprint density at radius 3 is 1.32 bits per heavy atom. The molecule has 276 valence electrons. The van der Waals surface area contributed by atoms with E-state index in [-0.39, 0.29) is 0 Å². The Kier molecular flexibility index (Phi) is 7.54. The fraction of sp³-hybridized carbons (Fsp3) is 0. The highest BCUT2D eigenvalue weighted by Crippen LogP contribution is 2.54. The van der Waals surface area contributed by atoms with Crippen LogP contribution in [0.15, 0.2) is 224 Å². The SMILES string of the molecule is c1ccc(N2c3ccccc3-c3c(n(-c4cccc(-c5cccc(-c6cccc(-n7c8ccccc8c8ccccc87)c6)c5)c4)c4ccccc34)-c3ccccc32)cc1. The van der Waals surface area contributed by atoms with Gasteiger partial charge in [0.15, 0.2) is 0 Å². The van der Waals surface area contributed by atoms with Crippen LogP contribution in [-0.4, -0.2) is 9.13 Å². The van der Waals surface area contributed by atoms with Crippen molar-refractivity contribution < 1.29 is 0 Å². The van der Waals surface area contributed by atoms with Crippen LogP contribution in [0.2, 0.25) is 0 Å². The Labute approximate surface area is 342 Å². The van der Waals surface area contributed by atoms with E-state index in [0.29, 0.717) is 0 Å². The van der Waals surface area contributed by atoms with Gasteiger partial charge < -0.3 is 14.0 Å². The third-order valence-electron chi connectivity index (χ3n) is 12.0. The van der Waals surface area contributed by atoms with Gasteiger partial charge in [-0.2, -0.15) is 0 Å². The predicted octanol–water partition coefficient (Wildman–Crippen LogP) is 15.2. The predicted molar refractivity (Wildman–Crippen MR) is 248 cm³/mol. The first-order chi connectivity index (χ1) is 29.3. The van der Waals surface area contributed by atoms with Crippen LogP contribution in [0.3, 0.4) is 0 Å². The van der Waals surface area contributed by atoms with Crippen molar-refractivity contribution in [2.75, 3.05) is 4.90 Å². The standard InChI is InChI=1S/C56H37N3/c1-2-21-42(22-3-1)57-52-32-11-6-27-47(52)55-48-28-7-12-33-53(48)59(56(55)49-29-8-13-34-54(49)57)44-24-16-20-41(37-44)39-18-14-17-38(35-39)40-19-15-23-43(36-40)58-50-30-9-4-25-45(50)46-26-5-10-31-51(46)58/h1-37H. The summed E-state index contributed by atoms with van der Waals surface area (Å²) in [5.41, 5.74) is 18.9. The average Bonchev–Trinajstić information content (AvgIpc) is 3.79. The topological polar surface area (TPSA) is 13.1 Å². The molecule has 0 amide bonds. The molecule has 3 heteroatoms. The molecule has 0 spiro atoms. The first kappa shape index (κ1) is 33.3. The zero-order chi connectivity index (χ0) is 38.9. The molecule has 0 N–H and O–H groups in total. The molecule has 0 atom stereocenters. The second-order valence-electron chi connectivity index (χ2n) is 15.3. The smallest absolute Gasteiger partial charge is 0.0641 e. The fourth-order valence-electron chi connectivity index (χ4n) is 9.50. The van der Waals surface area contributed by atoms with Gasteiger partial charge in [-0.3, -0.25) is 0 Å². The van der Waals surface area contributed by atoms with Crippen LogP contribution in [0.1, 0.15) is 0 Å². The Bertz CT molecular complexity index is 3350. The van der Waals surface area contributed by atoms with Gasteiger partial charge in [0, 0.05) is 49.9 Å². The number of nitrogens with zero attached hydrogens (tertiary/aromatic N) is 3. The zero-order valence-electron chi connectivity index (χ0n) is 32.2. The molecule has 2 aromatic heterocycles. The summed E-state index contributed by atoms with van der Waals surface area (Å²) in [7, 11) is 0. The van der Waals surface area contributed by atoms with Crippen LogP contribution in [0.4, 0.5) is 17.1 Å². The maximum absolute atomic E-state index is 2.48. The lowest BCUT2D eigenvalue weighted by atomic mass is 9.97. The van der Waals surface area contributed by atoms with Crippen molar-refractivity contribution in [2.24, 2.45) is 0 Å². The number of hydrogen-bond donors (Lipinski definition) is 0. The van der Waals surface area contributed by atoms with Crippen molar-refractivity contribution in [3.63, 3.8) is 0 Å². The second kappa shape index (κ2) is 13.4. The van der Waals surface area contributed by atoms with Crippen LogP contribution in [-0.2, 0) is 0 Å². The van der Waals surface area contributed by atoms with Crippen LogP contribution >= 0.6 is 0 Å². The number of hydrogen-bond acceptors (Lipinski definition) is 1. The van der Waals surface area contributed by atoms with Crippen molar-refractivity contribution in [2.45, 2.75) is 0 Å². The van der Waals surface area contributed by atoms with Gasteiger partial charge in [0.2, 0.25) is 0 Å². The molecule has 0 saturated carbocycles. The summed E-state index contributed by atoms with van der Waals surface area (Å²) in [6.45, 7) is 0. The summed E-state index contributed by atoms with van der Waals surface area (Å²) >= 11 is 0. The van der Waals surface area contributed by atoms with Crippen LogP contribution in [0, 0.1) is 0 Å².